The Morgan fingerprint density at radius 1 is 1.48 bits per heavy atom. The van der Waals surface area contributed by atoms with E-state index in [0.717, 1.165) is 6.07 Å². The zero-order valence-corrected chi connectivity index (χ0v) is 12.0. The van der Waals surface area contributed by atoms with E-state index in [1.807, 2.05) is 0 Å². The van der Waals surface area contributed by atoms with Gasteiger partial charge in [0.15, 0.2) is 0 Å². The van der Waals surface area contributed by atoms with Crippen LogP contribution >= 0.6 is 0 Å². The lowest BCUT2D eigenvalue weighted by molar-refractivity contribution is -0.384. The first kappa shape index (κ1) is 15.8. The zero-order chi connectivity index (χ0) is 16.8. The fraction of sp³-hybridized carbons (Fsp3) is 0.0667. The summed E-state index contributed by atoms with van der Waals surface area (Å²) in [6.45, 7) is 0. The van der Waals surface area contributed by atoms with Gasteiger partial charge in [0.05, 0.1) is 24.0 Å². The Hall–Kier alpha value is -3.60. The predicted molar refractivity (Wildman–Crippen MR) is 80.6 cm³/mol. The number of methoxy groups -OCH3 is 1. The first-order chi connectivity index (χ1) is 11.0. The Morgan fingerprint density at radius 3 is 2.83 bits per heavy atom. The van der Waals surface area contributed by atoms with Crippen LogP contribution in [-0.2, 0) is 4.79 Å². The maximum absolute atomic E-state index is 12.2. The lowest BCUT2D eigenvalue weighted by atomic mass is 10.2. The number of nitriles is 1. The largest absolute Gasteiger partial charge is 0.495 e. The molecule has 0 aliphatic carbocycles. The van der Waals surface area contributed by atoms with Crippen molar-refractivity contribution in [2.45, 2.75) is 0 Å². The van der Waals surface area contributed by atoms with Gasteiger partial charge in [0.1, 0.15) is 23.2 Å². The van der Waals surface area contributed by atoms with Crippen LogP contribution in [0.25, 0.3) is 6.08 Å². The maximum atomic E-state index is 12.2. The van der Waals surface area contributed by atoms with Crippen LogP contribution in [0.4, 0.5) is 11.4 Å². The van der Waals surface area contributed by atoms with E-state index in [-0.39, 0.29) is 22.7 Å². The molecule has 0 bridgehead atoms. The summed E-state index contributed by atoms with van der Waals surface area (Å²) >= 11 is 0. The van der Waals surface area contributed by atoms with Gasteiger partial charge in [-0.15, -0.1) is 0 Å². The summed E-state index contributed by atoms with van der Waals surface area (Å²) in [4.78, 5) is 22.4. The van der Waals surface area contributed by atoms with E-state index >= 15 is 0 Å². The van der Waals surface area contributed by atoms with Crippen LogP contribution in [0.5, 0.6) is 5.75 Å². The number of nitro groups is 1. The van der Waals surface area contributed by atoms with Gasteiger partial charge in [0.2, 0.25) is 0 Å². The van der Waals surface area contributed by atoms with E-state index in [9.17, 15) is 14.9 Å². The summed E-state index contributed by atoms with van der Waals surface area (Å²) in [5.41, 5.74) is -0.338. The molecule has 2 aromatic rings. The lowest BCUT2D eigenvalue weighted by Crippen LogP contribution is -2.14. The molecule has 23 heavy (non-hydrogen) atoms. The zero-order valence-electron chi connectivity index (χ0n) is 12.0. The van der Waals surface area contributed by atoms with Crippen molar-refractivity contribution in [3.8, 4) is 11.8 Å². The number of nitrogens with zero attached hydrogens (tertiary/aromatic N) is 2. The quantitative estimate of drug-likeness (QED) is 0.392. The number of carbonyl (C=O) groups is 1. The van der Waals surface area contributed by atoms with E-state index in [0.29, 0.717) is 5.76 Å². The van der Waals surface area contributed by atoms with Gasteiger partial charge in [-0.1, -0.05) is 0 Å². The molecular weight excluding hydrogens is 302 g/mol. The second kappa shape index (κ2) is 6.91. The van der Waals surface area contributed by atoms with Crippen LogP contribution in [0, 0.1) is 21.4 Å². The van der Waals surface area contributed by atoms with Gasteiger partial charge in [0.25, 0.3) is 11.6 Å². The minimum Gasteiger partial charge on any atom is -0.495 e. The molecular formula is C15H11N3O5. The highest BCUT2D eigenvalue weighted by Crippen LogP contribution is 2.29. The number of carbonyl (C=O) groups excluding carboxylic acids is 1. The molecule has 116 valence electrons. The van der Waals surface area contributed by atoms with E-state index in [4.69, 9.17) is 14.4 Å². The minimum absolute atomic E-state index is 0.0901. The fourth-order valence-corrected chi connectivity index (χ4v) is 1.76. The van der Waals surface area contributed by atoms with Crippen LogP contribution < -0.4 is 10.1 Å². The minimum atomic E-state index is -0.734. The molecule has 0 radical (unpaired) electrons. The van der Waals surface area contributed by atoms with Crippen molar-refractivity contribution in [3.63, 3.8) is 0 Å². The average Bonchev–Trinajstić information content (AvgIpc) is 3.05. The Labute approximate surface area is 130 Å². The maximum Gasteiger partial charge on any atom is 0.271 e. The summed E-state index contributed by atoms with van der Waals surface area (Å²) in [5.74, 6) is -0.162. The van der Waals surface area contributed by atoms with Gasteiger partial charge >= 0.3 is 0 Å². The number of hydrogen-bond donors (Lipinski definition) is 1. The number of non-ortho nitro benzene ring substituents is 1. The van der Waals surface area contributed by atoms with Crippen molar-refractivity contribution in [1.82, 2.24) is 0 Å². The first-order valence-corrected chi connectivity index (χ1v) is 6.34. The Kier molecular flexibility index (Phi) is 4.74. The van der Waals surface area contributed by atoms with Crippen LogP contribution in [0.2, 0.25) is 0 Å². The van der Waals surface area contributed by atoms with E-state index in [2.05, 4.69) is 5.32 Å². The topological polar surface area (TPSA) is 118 Å². The molecule has 0 atom stereocenters. The molecule has 0 saturated carbocycles. The van der Waals surface area contributed by atoms with Crippen LogP contribution in [0.3, 0.4) is 0 Å². The monoisotopic (exact) mass is 313 g/mol. The number of anilines is 1. The molecule has 0 fully saturated rings. The smallest absolute Gasteiger partial charge is 0.271 e. The number of rotatable bonds is 5. The number of nitrogens with one attached hydrogen (secondary N) is 1. The van der Waals surface area contributed by atoms with Gasteiger partial charge in [0, 0.05) is 18.2 Å². The Bertz CT molecular complexity index is 803. The number of furan rings is 1. The SMILES string of the molecule is COc1ccc([N+](=O)[O-])cc1NC(=O)C(C#N)=Cc1ccco1. The van der Waals surface area contributed by atoms with Crippen LogP contribution in [0.15, 0.2) is 46.6 Å². The fourth-order valence-electron chi connectivity index (χ4n) is 1.76. The van der Waals surface area contributed by atoms with Gasteiger partial charge in [-0.05, 0) is 18.2 Å². The molecule has 8 heteroatoms. The first-order valence-electron chi connectivity index (χ1n) is 6.34. The van der Waals surface area contributed by atoms with Crippen molar-refractivity contribution < 1.29 is 18.9 Å². The second-order valence-electron chi connectivity index (χ2n) is 4.28. The molecule has 8 nitrogen and oxygen atoms in total. The third-order valence-corrected chi connectivity index (χ3v) is 2.84. The van der Waals surface area contributed by atoms with Gasteiger partial charge in [-0.3, -0.25) is 14.9 Å². The standard InChI is InChI=1S/C15H11N3O5/c1-22-14-5-4-11(18(20)21)8-13(14)17-15(19)10(9-16)7-12-3-2-6-23-12/h2-8H,1H3,(H,17,19). The average molecular weight is 313 g/mol. The van der Waals surface area contributed by atoms with Crippen molar-refractivity contribution in [3.05, 3.63) is 58.0 Å². The summed E-state index contributed by atoms with van der Waals surface area (Å²) in [6.07, 6.45) is 2.67. The number of benzene rings is 1. The highest BCUT2D eigenvalue weighted by molar-refractivity contribution is 6.10. The summed E-state index contributed by atoms with van der Waals surface area (Å²) < 4.78 is 10.1. The van der Waals surface area contributed by atoms with Crippen molar-refractivity contribution in [2.75, 3.05) is 12.4 Å². The highest BCUT2D eigenvalue weighted by Gasteiger charge is 2.16. The number of hydrogen-bond acceptors (Lipinski definition) is 6. The summed E-state index contributed by atoms with van der Waals surface area (Å²) in [5, 5.41) is 22.3. The normalized spacial score (nSPS) is 10.7. The molecule has 0 spiro atoms. The Morgan fingerprint density at radius 2 is 2.26 bits per heavy atom. The lowest BCUT2D eigenvalue weighted by Gasteiger charge is -2.09. The van der Waals surface area contributed by atoms with Gasteiger partial charge in [-0.25, -0.2) is 0 Å². The second-order valence-corrected chi connectivity index (χ2v) is 4.28. The van der Waals surface area contributed by atoms with Crippen molar-refractivity contribution in [2.24, 2.45) is 0 Å². The molecule has 1 aromatic heterocycles. The number of amides is 1. The molecule has 0 unspecified atom stereocenters. The van der Waals surface area contributed by atoms with Crippen molar-refractivity contribution in [1.29, 1.82) is 5.26 Å². The molecule has 1 aromatic carbocycles. The predicted octanol–water partition coefficient (Wildman–Crippen LogP) is 2.74. The third kappa shape index (κ3) is 3.74. The van der Waals surface area contributed by atoms with Crippen LogP contribution in [0.1, 0.15) is 5.76 Å². The molecule has 0 aliphatic heterocycles. The molecule has 0 saturated heterocycles. The van der Waals surface area contributed by atoms with Crippen molar-refractivity contribution >= 4 is 23.4 Å². The number of ether oxygens (including phenoxy) is 1. The molecule has 1 N–H and O–H groups in total. The molecule has 2 rings (SSSR count). The molecule has 0 aliphatic rings. The number of nitro benzene ring substituents is 1. The summed E-state index contributed by atoms with van der Waals surface area (Å²) in [7, 11) is 1.36. The van der Waals surface area contributed by atoms with E-state index in [1.165, 1.54) is 31.6 Å². The van der Waals surface area contributed by atoms with Crippen LogP contribution in [-0.4, -0.2) is 17.9 Å². The van der Waals surface area contributed by atoms with Gasteiger partial charge < -0.3 is 14.5 Å². The molecule has 1 amide bonds. The summed E-state index contributed by atoms with van der Waals surface area (Å²) in [6, 6.07) is 8.70. The van der Waals surface area contributed by atoms with E-state index < -0.39 is 10.8 Å². The molecule has 1 heterocycles. The van der Waals surface area contributed by atoms with Gasteiger partial charge in [-0.2, -0.15) is 5.26 Å². The third-order valence-electron chi connectivity index (χ3n) is 2.84. The highest BCUT2D eigenvalue weighted by atomic mass is 16.6. The Balaban J connectivity index is 2.30. The van der Waals surface area contributed by atoms with E-state index in [1.54, 1.807) is 18.2 Å².